The van der Waals surface area contributed by atoms with Crippen molar-refractivity contribution in [2.45, 2.75) is 35.6 Å². The molecule has 2 unspecified atom stereocenters. The number of hydrogen-bond acceptors (Lipinski definition) is 12. The van der Waals surface area contributed by atoms with Crippen molar-refractivity contribution in [1.29, 1.82) is 0 Å². The molecule has 2 aliphatic rings. The molecule has 2 aliphatic heterocycles. The van der Waals surface area contributed by atoms with Crippen molar-refractivity contribution in [3.05, 3.63) is 44.7 Å². The quantitative estimate of drug-likeness (QED) is 0.0897. The molecule has 1 saturated heterocycles. The summed E-state index contributed by atoms with van der Waals surface area (Å²) in [5, 5.41) is 24.9. The third kappa shape index (κ3) is 5.55. The number of nitrogens with one attached hydrogen (secondary N) is 1. The Hall–Kier alpha value is -2.85. The van der Waals surface area contributed by atoms with Crippen molar-refractivity contribution < 1.29 is 24.7 Å². The first kappa shape index (κ1) is 27.2. The molecule has 0 spiro atoms. The van der Waals surface area contributed by atoms with Gasteiger partial charge in [-0.3, -0.25) is 19.5 Å². The normalized spacial score (nSPS) is 19.5. The summed E-state index contributed by atoms with van der Waals surface area (Å²) >= 11 is 9.82. The first-order chi connectivity index (χ1) is 17.8. The number of carboxylic acid groups (broad SMARTS) is 1. The molecule has 12 nitrogen and oxygen atoms in total. The molecule has 0 bridgehead atoms. The van der Waals surface area contributed by atoms with Gasteiger partial charge in [0.2, 0.25) is 0 Å². The predicted molar refractivity (Wildman–Crippen MR) is 142 cm³/mol. The highest BCUT2D eigenvalue weighted by Crippen LogP contribution is 2.44. The molecule has 2 aromatic rings. The number of carbonyl (C=O) groups excluding carboxylic acids is 2. The number of amides is 2. The van der Waals surface area contributed by atoms with Crippen LogP contribution in [0.2, 0.25) is 4.34 Å². The number of rotatable bonds is 10. The Morgan fingerprint density at radius 3 is 2.84 bits per heavy atom. The summed E-state index contributed by atoms with van der Waals surface area (Å²) in [7, 11) is 0. The zero-order chi connectivity index (χ0) is 26.7. The van der Waals surface area contributed by atoms with Gasteiger partial charge in [0, 0.05) is 34.0 Å². The first-order valence-corrected chi connectivity index (χ1v) is 14.1. The lowest BCUT2D eigenvalue weighted by Gasteiger charge is -2.50. The SMILES string of the molecule is NCCSCc1ncccc1SC1=C(C(=O)O)N2C(=O)C(NC(=O)/C(=N\O)c3nc(N)sc3Cl)C2CC1. The van der Waals surface area contributed by atoms with Crippen LogP contribution in [-0.2, 0) is 20.1 Å². The Balaban J connectivity index is 1.52. The van der Waals surface area contributed by atoms with Crippen LogP contribution >= 0.6 is 46.5 Å². The van der Waals surface area contributed by atoms with Gasteiger partial charge in [0.1, 0.15) is 21.8 Å². The van der Waals surface area contributed by atoms with Gasteiger partial charge in [0.25, 0.3) is 11.8 Å². The predicted octanol–water partition coefficient (Wildman–Crippen LogP) is 1.72. The van der Waals surface area contributed by atoms with Crippen molar-refractivity contribution in [3.63, 3.8) is 0 Å². The molecule has 2 atom stereocenters. The van der Waals surface area contributed by atoms with Gasteiger partial charge in [-0.15, -0.1) is 0 Å². The van der Waals surface area contributed by atoms with Gasteiger partial charge in [-0.1, -0.05) is 39.9 Å². The molecule has 1 fully saturated rings. The topological polar surface area (TPSA) is 197 Å². The standard InChI is InChI=1S/C21H22ClN7O5S3/c22-17-14(27-21(24)37-17)15(28-34)18(30)26-13-10-3-4-12(16(20(32)33)29(10)19(13)31)36-11-2-1-6-25-9(11)8-35-7-5-23/h1-2,6,10,13,34H,3-5,7-8,23H2,(H2,24,27)(H,26,30)(H,32,33)/b28-15-. The molecule has 16 heteroatoms. The number of carboxylic acids is 1. The number of allylic oxidation sites excluding steroid dienone is 1. The zero-order valence-electron chi connectivity index (χ0n) is 19.1. The van der Waals surface area contributed by atoms with E-state index >= 15 is 0 Å². The minimum absolute atomic E-state index is 0.0497. The van der Waals surface area contributed by atoms with E-state index in [-0.39, 0.29) is 20.9 Å². The van der Waals surface area contributed by atoms with Crippen LogP contribution < -0.4 is 16.8 Å². The number of nitrogens with zero attached hydrogens (tertiary/aromatic N) is 4. The number of aliphatic carboxylic acids is 1. The molecule has 0 saturated carbocycles. The maximum Gasteiger partial charge on any atom is 0.353 e. The van der Waals surface area contributed by atoms with Crippen molar-refractivity contribution in [2.24, 2.45) is 10.9 Å². The van der Waals surface area contributed by atoms with E-state index in [2.05, 4.69) is 20.4 Å². The van der Waals surface area contributed by atoms with Crippen LogP contribution in [0.25, 0.3) is 0 Å². The minimum atomic E-state index is -1.24. The maximum atomic E-state index is 13.0. The van der Waals surface area contributed by atoms with Crippen molar-refractivity contribution in [3.8, 4) is 0 Å². The van der Waals surface area contributed by atoms with Gasteiger partial charge in [-0.25, -0.2) is 9.78 Å². The highest BCUT2D eigenvalue weighted by atomic mass is 35.5. The summed E-state index contributed by atoms with van der Waals surface area (Å²) in [6.07, 6.45) is 2.48. The number of thioether (sulfide) groups is 2. The van der Waals surface area contributed by atoms with E-state index in [1.54, 1.807) is 24.0 Å². The number of hydrogen-bond donors (Lipinski definition) is 5. The Kier molecular flexibility index (Phi) is 8.59. The number of halogens is 1. The second-order valence-corrected chi connectivity index (χ2v) is 11.7. The monoisotopic (exact) mass is 583 g/mol. The summed E-state index contributed by atoms with van der Waals surface area (Å²) in [6, 6.07) is 2.06. The number of oxime groups is 1. The van der Waals surface area contributed by atoms with E-state index in [9.17, 15) is 24.7 Å². The Bertz CT molecular complexity index is 1300. The Labute approximate surface area is 228 Å². The number of pyridine rings is 1. The lowest BCUT2D eigenvalue weighted by molar-refractivity contribution is -0.155. The second-order valence-electron chi connectivity index (χ2n) is 7.86. The second kappa shape index (κ2) is 11.7. The van der Waals surface area contributed by atoms with Crippen molar-refractivity contribution in [2.75, 3.05) is 18.0 Å². The highest BCUT2D eigenvalue weighted by molar-refractivity contribution is 8.03. The summed E-state index contributed by atoms with van der Waals surface area (Å²) in [4.78, 5) is 48.8. The smallest absolute Gasteiger partial charge is 0.353 e. The Morgan fingerprint density at radius 1 is 1.41 bits per heavy atom. The molecule has 0 aromatic carbocycles. The maximum absolute atomic E-state index is 13.0. The van der Waals surface area contributed by atoms with Crippen molar-refractivity contribution >= 4 is 75.1 Å². The van der Waals surface area contributed by atoms with E-state index in [0.29, 0.717) is 30.0 Å². The number of fused-ring (bicyclic) bond motifs is 1. The van der Waals surface area contributed by atoms with Crippen LogP contribution in [0.1, 0.15) is 24.2 Å². The fraction of sp³-hybridized carbons (Fsp3) is 0.333. The van der Waals surface area contributed by atoms with Gasteiger partial charge in [-0.2, -0.15) is 11.8 Å². The number of thiazole rings is 1. The molecule has 0 radical (unpaired) electrons. The van der Waals surface area contributed by atoms with Gasteiger partial charge in [0.15, 0.2) is 10.8 Å². The van der Waals surface area contributed by atoms with E-state index in [1.807, 2.05) is 6.07 Å². The van der Waals surface area contributed by atoms with Crippen LogP contribution in [0, 0.1) is 0 Å². The average molecular weight is 584 g/mol. The van der Waals surface area contributed by atoms with E-state index in [4.69, 9.17) is 23.1 Å². The highest BCUT2D eigenvalue weighted by Gasteiger charge is 2.54. The van der Waals surface area contributed by atoms with Crippen LogP contribution in [0.15, 0.2) is 39.0 Å². The van der Waals surface area contributed by atoms with Crippen LogP contribution in [0.3, 0.4) is 0 Å². The fourth-order valence-corrected chi connectivity index (χ4v) is 6.92. The molecule has 37 heavy (non-hydrogen) atoms. The van der Waals surface area contributed by atoms with E-state index in [0.717, 1.165) is 27.7 Å². The number of aromatic nitrogens is 2. The Morgan fingerprint density at radius 2 is 2.19 bits per heavy atom. The fourth-order valence-electron chi connectivity index (χ4n) is 4.01. The average Bonchev–Trinajstić information content (AvgIpc) is 3.20. The minimum Gasteiger partial charge on any atom is -0.477 e. The van der Waals surface area contributed by atoms with Gasteiger partial charge >= 0.3 is 5.97 Å². The molecule has 2 aromatic heterocycles. The third-order valence-corrected chi connectivity index (χ3v) is 8.93. The molecule has 0 aliphatic carbocycles. The molecule has 4 heterocycles. The van der Waals surface area contributed by atoms with Gasteiger partial charge in [0.05, 0.1) is 11.7 Å². The number of carbonyl (C=O) groups is 3. The molecule has 196 valence electrons. The molecular formula is C21H22ClN7O5S3. The molecule has 7 N–H and O–H groups in total. The van der Waals surface area contributed by atoms with Crippen LogP contribution in [0.5, 0.6) is 0 Å². The van der Waals surface area contributed by atoms with Crippen LogP contribution in [-0.4, -0.2) is 73.1 Å². The number of nitrogens with two attached hydrogens (primary N) is 2. The largest absolute Gasteiger partial charge is 0.477 e. The number of nitrogen functional groups attached to an aromatic ring is 1. The molecule has 4 rings (SSSR count). The van der Waals surface area contributed by atoms with Crippen molar-refractivity contribution in [1.82, 2.24) is 20.2 Å². The molecular weight excluding hydrogens is 562 g/mol. The van der Waals surface area contributed by atoms with Crippen LogP contribution in [0.4, 0.5) is 5.13 Å². The summed E-state index contributed by atoms with van der Waals surface area (Å²) < 4.78 is 0.0497. The van der Waals surface area contributed by atoms with E-state index in [1.165, 1.54) is 16.7 Å². The number of anilines is 1. The lowest BCUT2D eigenvalue weighted by atomic mass is 9.86. The summed E-state index contributed by atoms with van der Waals surface area (Å²) in [5.41, 5.74) is 11.2. The lowest BCUT2D eigenvalue weighted by Crippen LogP contribution is -2.72. The summed E-state index contributed by atoms with van der Waals surface area (Å²) in [5.74, 6) is -1.32. The number of β-lactam (4-membered cyclic amide) rings is 1. The first-order valence-electron chi connectivity index (χ1n) is 10.9. The van der Waals surface area contributed by atoms with Gasteiger partial charge < -0.3 is 27.1 Å². The van der Waals surface area contributed by atoms with Gasteiger partial charge in [-0.05, 0) is 25.0 Å². The summed E-state index contributed by atoms with van der Waals surface area (Å²) in [6.45, 7) is 0.543. The zero-order valence-corrected chi connectivity index (χ0v) is 22.3. The third-order valence-electron chi connectivity index (χ3n) is 5.61. The van der Waals surface area contributed by atoms with E-state index < -0.39 is 35.6 Å². The molecule has 2 amide bonds.